The van der Waals surface area contributed by atoms with Gasteiger partial charge in [0.1, 0.15) is 0 Å². The Balaban J connectivity index is 2.81. The minimum absolute atomic E-state index is 0.898. The number of aliphatic imine (C=N–C) groups is 1. The summed E-state index contributed by atoms with van der Waals surface area (Å²) in [6, 6.07) is 1.97. The second kappa shape index (κ2) is 2.66. The zero-order chi connectivity index (χ0) is 7.52. The lowest BCUT2D eigenvalue weighted by molar-refractivity contribution is 1.27. The van der Waals surface area contributed by atoms with Crippen molar-refractivity contribution in [3.63, 3.8) is 0 Å². The highest BCUT2D eigenvalue weighted by molar-refractivity contribution is 5.68. The molecule has 1 aliphatic rings. The lowest BCUT2D eigenvalue weighted by atomic mass is 10.3. The van der Waals surface area contributed by atoms with Gasteiger partial charge in [0.15, 0.2) is 0 Å². The van der Waals surface area contributed by atoms with Crippen molar-refractivity contribution in [2.75, 3.05) is 0 Å². The Labute approximate surface area is 64.6 Å². The molecule has 54 valence electrons. The van der Waals surface area contributed by atoms with Crippen LogP contribution in [0, 0.1) is 0 Å². The second-order valence-electron chi connectivity index (χ2n) is 2.41. The lowest BCUT2D eigenvalue weighted by Crippen LogP contribution is -2.23. The van der Waals surface area contributed by atoms with E-state index in [0.29, 0.717) is 0 Å². The zero-order valence-corrected chi connectivity index (χ0v) is 6.07. The Morgan fingerprint density at radius 3 is 3.27 bits per heavy atom. The van der Waals surface area contributed by atoms with E-state index in [-0.39, 0.29) is 0 Å². The Morgan fingerprint density at radius 1 is 1.27 bits per heavy atom. The quantitative estimate of drug-likeness (QED) is 0.506. The molecule has 0 amide bonds. The van der Waals surface area contributed by atoms with Crippen molar-refractivity contribution in [3.05, 3.63) is 28.9 Å². The molecule has 11 heavy (non-hydrogen) atoms. The highest BCUT2D eigenvalue weighted by Gasteiger charge is 1.85. The van der Waals surface area contributed by atoms with Crippen molar-refractivity contribution >= 4 is 18.5 Å². The predicted molar refractivity (Wildman–Crippen MR) is 45.5 cm³/mol. The van der Waals surface area contributed by atoms with Crippen LogP contribution in [0.2, 0.25) is 0 Å². The third-order valence-electron chi connectivity index (χ3n) is 1.65. The molecule has 0 fully saturated rings. The highest BCUT2D eigenvalue weighted by atomic mass is 14.7. The zero-order valence-electron chi connectivity index (χ0n) is 6.07. The molecule has 2 rings (SSSR count). The molecule has 2 heterocycles. The summed E-state index contributed by atoms with van der Waals surface area (Å²) in [7, 11) is 0. The number of aromatic nitrogens is 1. The number of fused-ring (bicyclic) bond motifs is 1. The molecule has 0 atom stereocenters. The third kappa shape index (κ3) is 1.19. The highest BCUT2D eigenvalue weighted by Crippen LogP contribution is 1.80. The van der Waals surface area contributed by atoms with Gasteiger partial charge < -0.3 is 0 Å². The lowest BCUT2D eigenvalue weighted by Gasteiger charge is -1.84. The fourth-order valence-corrected chi connectivity index (χ4v) is 1.08. The molecule has 0 saturated heterocycles. The van der Waals surface area contributed by atoms with Gasteiger partial charge in [-0.3, -0.25) is 9.98 Å². The third-order valence-corrected chi connectivity index (χ3v) is 1.65. The van der Waals surface area contributed by atoms with Gasteiger partial charge in [0.25, 0.3) is 0 Å². The summed E-state index contributed by atoms with van der Waals surface area (Å²) >= 11 is 0. The smallest absolute Gasteiger partial charge is 0.0343 e. The van der Waals surface area contributed by atoms with Crippen LogP contribution in [0.5, 0.6) is 0 Å². The van der Waals surface area contributed by atoms with Crippen LogP contribution in [-0.2, 0) is 0 Å². The molecule has 0 N–H and O–H groups in total. The molecule has 2 heteroatoms. The van der Waals surface area contributed by atoms with E-state index in [1.165, 1.54) is 5.22 Å². The van der Waals surface area contributed by atoms with Gasteiger partial charge in [0.2, 0.25) is 0 Å². The molecule has 0 bridgehead atoms. The van der Waals surface area contributed by atoms with Gasteiger partial charge in [-0.05, 0) is 11.3 Å². The van der Waals surface area contributed by atoms with E-state index in [1.807, 2.05) is 24.7 Å². The summed E-state index contributed by atoms with van der Waals surface area (Å²) in [4.78, 5) is 8.14. The summed E-state index contributed by atoms with van der Waals surface area (Å²) in [5.74, 6) is 0. The topological polar surface area (TPSA) is 25.2 Å². The number of hydrogen-bond donors (Lipinski definition) is 0. The van der Waals surface area contributed by atoms with Gasteiger partial charge in [-0.1, -0.05) is 6.08 Å². The van der Waals surface area contributed by atoms with Crippen molar-refractivity contribution in [2.24, 2.45) is 4.99 Å². The average molecular weight is 144 g/mol. The van der Waals surface area contributed by atoms with Crippen LogP contribution in [0.25, 0.3) is 12.3 Å². The Kier molecular flexibility index (Phi) is 1.52. The van der Waals surface area contributed by atoms with Gasteiger partial charge in [-0.15, -0.1) is 0 Å². The summed E-state index contributed by atoms with van der Waals surface area (Å²) in [6.45, 7) is 0. The minimum atomic E-state index is 0.898. The van der Waals surface area contributed by atoms with Gasteiger partial charge in [0.05, 0.1) is 0 Å². The first-order valence-corrected chi connectivity index (χ1v) is 3.59. The summed E-state index contributed by atoms with van der Waals surface area (Å²) in [5, 5.41) is 2.32. The molecular weight excluding hydrogens is 136 g/mol. The van der Waals surface area contributed by atoms with Crippen LogP contribution in [0.3, 0.4) is 0 Å². The van der Waals surface area contributed by atoms with Crippen molar-refractivity contribution < 1.29 is 0 Å². The molecule has 1 aromatic rings. The first-order chi connectivity index (χ1) is 5.47. The first kappa shape index (κ1) is 6.28. The normalized spacial score (nSPS) is 14.2. The summed E-state index contributed by atoms with van der Waals surface area (Å²) < 4.78 is 0. The largest absolute Gasteiger partial charge is 0.268 e. The summed E-state index contributed by atoms with van der Waals surface area (Å²) in [6.07, 6.45) is 10.4. The van der Waals surface area contributed by atoms with E-state index in [1.54, 1.807) is 6.20 Å². The molecule has 1 aliphatic heterocycles. The molecular formula is C9H8N2. The van der Waals surface area contributed by atoms with E-state index in [9.17, 15) is 0 Å². The second-order valence-corrected chi connectivity index (χ2v) is 2.41. The fraction of sp³-hybridized carbons (Fsp3) is 0.111. The van der Waals surface area contributed by atoms with Gasteiger partial charge in [-0.25, -0.2) is 0 Å². The average Bonchev–Trinajstić information content (AvgIpc) is 2.28. The SMILES string of the molecule is C1=NC=c2ccncc2=CC1. The maximum atomic E-state index is 4.10. The van der Waals surface area contributed by atoms with E-state index in [4.69, 9.17) is 0 Å². The van der Waals surface area contributed by atoms with Crippen molar-refractivity contribution in [2.45, 2.75) is 6.42 Å². The van der Waals surface area contributed by atoms with Crippen LogP contribution < -0.4 is 10.4 Å². The maximum absolute atomic E-state index is 4.10. The molecule has 2 nitrogen and oxygen atoms in total. The van der Waals surface area contributed by atoms with Crippen LogP contribution in [0.1, 0.15) is 6.42 Å². The van der Waals surface area contributed by atoms with Crippen LogP contribution in [0.4, 0.5) is 0 Å². The van der Waals surface area contributed by atoms with Gasteiger partial charge in [-0.2, -0.15) is 0 Å². The van der Waals surface area contributed by atoms with Crippen molar-refractivity contribution in [1.29, 1.82) is 0 Å². The molecule has 0 aromatic carbocycles. The predicted octanol–water partition coefficient (Wildman–Crippen LogP) is 0.0746. The monoisotopic (exact) mass is 144 g/mol. The number of rotatable bonds is 0. The van der Waals surface area contributed by atoms with Crippen LogP contribution in [0.15, 0.2) is 23.5 Å². The molecule has 0 aliphatic carbocycles. The molecule has 0 spiro atoms. The first-order valence-electron chi connectivity index (χ1n) is 3.59. The number of pyridine rings is 1. The van der Waals surface area contributed by atoms with E-state index in [0.717, 1.165) is 11.6 Å². The summed E-state index contributed by atoms with van der Waals surface area (Å²) in [5.41, 5.74) is 0. The molecule has 0 saturated carbocycles. The van der Waals surface area contributed by atoms with E-state index < -0.39 is 0 Å². The number of hydrogen-bond acceptors (Lipinski definition) is 2. The Hall–Kier alpha value is -1.44. The van der Waals surface area contributed by atoms with Crippen LogP contribution in [-0.4, -0.2) is 11.2 Å². The molecule has 0 unspecified atom stereocenters. The van der Waals surface area contributed by atoms with E-state index in [2.05, 4.69) is 16.1 Å². The van der Waals surface area contributed by atoms with Gasteiger partial charge >= 0.3 is 0 Å². The van der Waals surface area contributed by atoms with Crippen molar-refractivity contribution in [1.82, 2.24) is 4.98 Å². The van der Waals surface area contributed by atoms with E-state index >= 15 is 0 Å². The number of nitrogens with zero attached hydrogens (tertiary/aromatic N) is 2. The maximum Gasteiger partial charge on any atom is 0.0343 e. The molecule has 1 aromatic heterocycles. The standard InChI is InChI=1S/C9H8N2/c1-2-8-6-11-5-3-9(8)7-10-4-1/h2-7H,1H2. The van der Waals surface area contributed by atoms with Crippen molar-refractivity contribution in [3.8, 4) is 0 Å². The van der Waals surface area contributed by atoms with Gasteiger partial charge in [0, 0.05) is 36.4 Å². The Morgan fingerprint density at radius 2 is 2.27 bits per heavy atom. The molecule has 0 radical (unpaired) electrons. The minimum Gasteiger partial charge on any atom is -0.268 e. The van der Waals surface area contributed by atoms with Crippen LogP contribution >= 0.6 is 0 Å². The fourth-order valence-electron chi connectivity index (χ4n) is 1.08. The Bertz CT molecular complexity index is 390.